The van der Waals surface area contributed by atoms with Gasteiger partial charge in [0.1, 0.15) is 5.54 Å². The van der Waals surface area contributed by atoms with Gasteiger partial charge in [-0.2, -0.15) is 0 Å². The minimum absolute atomic E-state index is 0.171. The van der Waals surface area contributed by atoms with Crippen LogP contribution in [0.3, 0.4) is 0 Å². The van der Waals surface area contributed by atoms with E-state index in [0.717, 1.165) is 32.2 Å². The zero-order valence-electron chi connectivity index (χ0n) is 12.5. The SMILES string of the molecule is CC1(C)CN(c2ccccc2)C2(CCCCC2)C(=O)N1. The first-order chi connectivity index (χ1) is 9.54. The summed E-state index contributed by atoms with van der Waals surface area (Å²) in [6.07, 6.45) is 5.50. The number of nitrogens with zero attached hydrogens (tertiary/aromatic N) is 1. The minimum atomic E-state index is -0.324. The van der Waals surface area contributed by atoms with E-state index in [1.54, 1.807) is 0 Å². The average Bonchev–Trinajstić information content (AvgIpc) is 2.45. The third-order valence-electron chi connectivity index (χ3n) is 4.69. The summed E-state index contributed by atoms with van der Waals surface area (Å²) in [4.78, 5) is 15.2. The minimum Gasteiger partial charge on any atom is -0.355 e. The van der Waals surface area contributed by atoms with Gasteiger partial charge in [-0.15, -0.1) is 0 Å². The summed E-state index contributed by atoms with van der Waals surface area (Å²) in [5.74, 6) is 0.220. The van der Waals surface area contributed by atoms with Crippen molar-refractivity contribution in [3.8, 4) is 0 Å². The standard InChI is InChI=1S/C17H24N2O/c1-16(2)13-19(14-9-5-3-6-10-14)17(15(20)18-16)11-7-4-8-12-17/h3,5-6,9-10H,4,7-8,11-13H2,1-2H3,(H,18,20). The highest BCUT2D eigenvalue weighted by atomic mass is 16.2. The van der Waals surface area contributed by atoms with E-state index in [0.29, 0.717) is 0 Å². The molecule has 108 valence electrons. The highest BCUT2D eigenvalue weighted by molar-refractivity contribution is 5.92. The second-order valence-electron chi connectivity index (χ2n) is 6.85. The normalized spacial score (nSPS) is 24.5. The Morgan fingerprint density at radius 2 is 1.70 bits per heavy atom. The predicted molar refractivity (Wildman–Crippen MR) is 81.8 cm³/mol. The van der Waals surface area contributed by atoms with Crippen LogP contribution < -0.4 is 10.2 Å². The third kappa shape index (κ3) is 2.19. The second-order valence-corrected chi connectivity index (χ2v) is 6.85. The van der Waals surface area contributed by atoms with Crippen LogP contribution in [0.1, 0.15) is 46.0 Å². The molecule has 1 N–H and O–H groups in total. The van der Waals surface area contributed by atoms with Gasteiger partial charge in [0.25, 0.3) is 0 Å². The van der Waals surface area contributed by atoms with Crippen LogP contribution in [-0.2, 0) is 4.79 Å². The van der Waals surface area contributed by atoms with Crippen molar-refractivity contribution in [1.29, 1.82) is 0 Å². The molecule has 0 atom stereocenters. The van der Waals surface area contributed by atoms with Crippen LogP contribution in [-0.4, -0.2) is 23.5 Å². The molecule has 1 saturated carbocycles. The summed E-state index contributed by atoms with van der Waals surface area (Å²) in [6, 6.07) is 10.4. The first kappa shape index (κ1) is 13.5. The molecule has 1 saturated heterocycles. The summed E-state index contributed by atoms with van der Waals surface area (Å²) in [7, 11) is 0. The van der Waals surface area contributed by atoms with Crippen molar-refractivity contribution in [2.24, 2.45) is 0 Å². The number of piperazine rings is 1. The number of hydrogen-bond acceptors (Lipinski definition) is 2. The molecule has 0 bridgehead atoms. The van der Waals surface area contributed by atoms with Gasteiger partial charge in [0.2, 0.25) is 5.91 Å². The Morgan fingerprint density at radius 3 is 2.35 bits per heavy atom. The number of carbonyl (C=O) groups excluding carboxylic acids is 1. The van der Waals surface area contributed by atoms with Gasteiger partial charge in [-0.1, -0.05) is 37.5 Å². The molecule has 1 aliphatic carbocycles. The molecule has 0 radical (unpaired) electrons. The summed E-state index contributed by atoms with van der Waals surface area (Å²) in [5, 5.41) is 3.24. The number of para-hydroxylation sites is 1. The molecule has 3 heteroatoms. The van der Waals surface area contributed by atoms with Crippen LogP contribution in [0.4, 0.5) is 5.69 Å². The molecule has 3 rings (SSSR count). The monoisotopic (exact) mass is 272 g/mol. The summed E-state index contributed by atoms with van der Waals surface area (Å²) >= 11 is 0. The van der Waals surface area contributed by atoms with E-state index in [-0.39, 0.29) is 17.0 Å². The highest BCUT2D eigenvalue weighted by Crippen LogP contribution is 2.40. The van der Waals surface area contributed by atoms with Crippen LogP contribution in [0, 0.1) is 0 Å². The Labute approximate surface area is 121 Å². The molecule has 2 fully saturated rings. The lowest BCUT2D eigenvalue weighted by Crippen LogP contribution is -2.72. The van der Waals surface area contributed by atoms with Crippen molar-refractivity contribution >= 4 is 11.6 Å². The maximum atomic E-state index is 12.8. The molecule has 20 heavy (non-hydrogen) atoms. The average molecular weight is 272 g/mol. The van der Waals surface area contributed by atoms with Crippen LogP contribution in [0.2, 0.25) is 0 Å². The summed E-state index contributed by atoms with van der Waals surface area (Å²) in [5.41, 5.74) is 0.683. The molecule has 1 aliphatic heterocycles. The van der Waals surface area contributed by atoms with Crippen molar-refractivity contribution in [3.05, 3.63) is 30.3 Å². The fourth-order valence-electron chi connectivity index (χ4n) is 3.71. The molecule has 0 unspecified atom stereocenters. The number of amides is 1. The van der Waals surface area contributed by atoms with E-state index in [2.05, 4.69) is 48.3 Å². The van der Waals surface area contributed by atoms with Crippen LogP contribution in [0.15, 0.2) is 30.3 Å². The number of hydrogen-bond donors (Lipinski definition) is 1. The van der Waals surface area contributed by atoms with Crippen LogP contribution >= 0.6 is 0 Å². The second kappa shape index (κ2) is 4.80. The van der Waals surface area contributed by atoms with Gasteiger partial charge >= 0.3 is 0 Å². The van der Waals surface area contributed by atoms with Gasteiger partial charge in [0, 0.05) is 12.2 Å². The van der Waals surface area contributed by atoms with Gasteiger partial charge in [-0.3, -0.25) is 4.79 Å². The first-order valence-electron chi connectivity index (χ1n) is 7.69. The lowest BCUT2D eigenvalue weighted by atomic mass is 9.76. The van der Waals surface area contributed by atoms with Crippen molar-refractivity contribution in [1.82, 2.24) is 5.32 Å². The predicted octanol–water partition coefficient (Wildman–Crippen LogP) is 3.10. The topological polar surface area (TPSA) is 32.3 Å². The lowest BCUT2D eigenvalue weighted by molar-refractivity contribution is -0.131. The van der Waals surface area contributed by atoms with E-state index in [1.165, 1.54) is 12.1 Å². The van der Waals surface area contributed by atoms with Gasteiger partial charge in [0.05, 0.1) is 5.54 Å². The van der Waals surface area contributed by atoms with Crippen LogP contribution in [0.5, 0.6) is 0 Å². The number of nitrogens with one attached hydrogen (secondary N) is 1. The zero-order chi connectivity index (χ0) is 14.2. The van der Waals surface area contributed by atoms with Crippen molar-refractivity contribution in [3.63, 3.8) is 0 Å². The van der Waals surface area contributed by atoms with Gasteiger partial charge in [0.15, 0.2) is 0 Å². The van der Waals surface area contributed by atoms with Crippen molar-refractivity contribution in [2.75, 3.05) is 11.4 Å². The Bertz CT molecular complexity index is 489. The molecule has 0 aromatic heterocycles. The van der Waals surface area contributed by atoms with Gasteiger partial charge in [-0.25, -0.2) is 0 Å². The Morgan fingerprint density at radius 1 is 1.05 bits per heavy atom. The molecular formula is C17H24N2O. The molecule has 1 spiro atoms. The maximum Gasteiger partial charge on any atom is 0.246 e. The lowest BCUT2D eigenvalue weighted by Gasteiger charge is -2.54. The summed E-state index contributed by atoms with van der Waals surface area (Å²) < 4.78 is 0. The Balaban J connectivity index is 2.02. The maximum absolute atomic E-state index is 12.8. The number of benzene rings is 1. The molecule has 1 amide bonds. The Hall–Kier alpha value is -1.51. The molecule has 1 aromatic rings. The van der Waals surface area contributed by atoms with E-state index in [1.807, 2.05) is 6.07 Å². The van der Waals surface area contributed by atoms with Crippen molar-refractivity contribution in [2.45, 2.75) is 57.0 Å². The zero-order valence-corrected chi connectivity index (χ0v) is 12.5. The molecule has 3 nitrogen and oxygen atoms in total. The highest BCUT2D eigenvalue weighted by Gasteiger charge is 2.50. The van der Waals surface area contributed by atoms with Crippen LogP contribution in [0.25, 0.3) is 0 Å². The molecule has 1 aromatic carbocycles. The third-order valence-corrected chi connectivity index (χ3v) is 4.69. The fourth-order valence-corrected chi connectivity index (χ4v) is 3.71. The van der Waals surface area contributed by atoms with E-state index in [4.69, 9.17) is 0 Å². The van der Waals surface area contributed by atoms with E-state index < -0.39 is 0 Å². The fraction of sp³-hybridized carbons (Fsp3) is 0.588. The molecule has 2 aliphatic rings. The number of carbonyl (C=O) groups is 1. The number of rotatable bonds is 1. The van der Waals surface area contributed by atoms with E-state index >= 15 is 0 Å². The molecular weight excluding hydrogens is 248 g/mol. The number of anilines is 1. The first-order valence-corrected chi connectivity index (χ1v) is 7.69. The largest absolute Gasteiger partial charge is 0.355 e. The Kier molecular flexibility index (Phi) is 3.23. The van der Waals surface area contributed by atoms with Gasteiger partial charge < -0.3 is 10.2 Å². The van der Waals surface area contributed by atoms with Crippen molar-refractivity contribution < 1.29 is 4.79 Å². The van der Waals surface area contributed by atoms with E-state index in [9.17, 15) is 4.79 Å². The molecule has 1 heterocycles. The quantitative estimate of drug-likeness (QED) is 0.852. The summed E-state index contributed by atoms with van der Waals surface area (Å²) in [6.45, 7) is 5.09. The smallest absolute Gasteiger partial charge is 0.246 e. The van der Waals surface area contributed by atoms with Gasteiger partial charge in [-0.05, 0) is 38.8 Å².